The summed E-state index contributed by atoms with van der Waals surface area (Å²) < 4.78 is 0. The fraction of sp³-hybridized carbons (Fsp3) is 0.400. The Bertz CT molecular complexity index is 668. The summed E-state index contributed by atoms with van der Waals surface area (Å²) in [5.41, 5.74) is 0.566. The molecule has 0 saturated carbocycles. The number of rotatable bonds is 6. The second-order valence-corrected chi connectivity index (χ2v) is 5.41. The van der Waals surface area contributed by atoms with Gasteiger partial charge in [-0.05, 0) is 23.3 Å². The summed E-state index contributed by atoms with van der Waals surface area (Å²) in [5, 5.41) is 17.4. The molecular formula is C15H20N6O2. The van der Waals surface area contributed by atoms with Crippen LogP contribution in [0.2, 0.25) is 0 Å². The molecule has 1 aromatic heterocycles. The number of carbonyl (C=O) groups excluding carboxylic acids is 2. The zero-order valence-electron chi connectivity index (χ0n) is 13.4. The van der Waals surface area contributed by atoms with E-state index >= 15 is 0 Å². The molecular weight excluding hydrogens is 296 g/mol. The van der Waals surface area contributed by atoms with Crippen molar-refractivity contribution in [1.29, 1.82) is 0 Å². The van der Waals surface area contributed by atoms with Gasteiger partial charge in [-0.25, -0.2) is 0 Å². The van der Waals surface area contributed by atoms with Gasteiger partial charge in [-0.2, -0.15) is 4.80 Å². The average Bonchev–Trinajstić information content (AvgIpc) is 3.00. The molecule has 122 valence electrons. The fourth-order valence-corrected chi connectivity index (χ4v) is 2.00. The normalized spacial score (nSPS) is 12.0. The monoisotopic (exact) mass is 316 g/mol. The van der Waals surface area contributed by atoms with Gasteiger partial charge in [-0.1, -0.05) is 32.0 Å². The van der Waals surface area contributed by atoms with Gasteiger partial charge in [-0.3, -0.25) is 9.59 Å². The van der Waals surface area contributed by atoms with Gasteiger partial charge in [0.05, 0.1) is 6.04 Å². The quantitative estimate of drug-likeness (QED) is 0.810. The molecule has 0 bridgehead atoms. The van der Waals surface area contributed by atoms with Crippen molar-refractivity contribution in [3.05, 3.63) is 41.7 Å². The lowest BCUT2D eigenvalue weighted by molar-refractivity contribution is -0.121. The SMILES string of the molecule is CNC(=O)Cn1nnc(C(NC(=O)c2ccccc2)C(C)C)n1. The van der Waals surface area contributed by atoms with Crippen LogP contribution >= 0.6 is 0 Å². The smallest absolute Gasteiger partial charge is 0.251 e. The second kappa shape index (κ2) is 7.48. The number of likely N-dealkylation sites (N-methyl/N-ethyl adjacent to an activating group) is 1. The fourth-order valence-electron chi connectivity index (χ4n) is 2.00. The Morgan fingerprint density at radius 1 is 1.22 bits per heavy atom. The molecule has 0 radical (unpaired) electrons. The number of benzene rings is 1. The van der Waals surface area contributed by atoms with E-state index in [4.69, 9.17) is 0 Å². The van der Waals surface area contributed by atoms with Crippen LogP contribution in [0.3, 0.4) is 0 Å². The predicted octanol–water partition coefficient (Wildman–Crippen LogP) is 0.546. The Kier molecular flexibility index (Phi) is 5.40. The zero-order valence-corrected chi connectivity index (χ0v) is 13.4. The van der Waals surface area contributed by atoms with Gasteiger partial charge < -0.3 is 10.6 Å². The highest BCUT2D eigenvalue weighted by molar-refractivity contribution is 5.94. The lowest BCUT2D eigenvalue weighted by Gasteiger charge is -2.19. The van der Waals surface area contributed by atoms with E-state index in [1.54, 1.807) is 24.3 Å². The van der Waals surface area contributed by atoms with Gasteiger partial charge in [-0.15, -0.1) is 10.2 Å². The van der Waals surface area contributed by atoms with Crippen LogP contribution in [-0.4, -0.2) is 39.1 Å². The highest BCUT2D eigenvalue weighted by Crippen LogP contribution is 2.18. The van der Waals surface area contributed by atoms with Crippen molar-refractivity contribution in [2.24, 2.45) is 5.92 Å². The van der Waals surface area contributed by atoms with Crippen LogP contribution in [0.4, 0.5) is 0 Å². The van der Waals surface area contributed by atoms with Crippen molar-refractivity contribution >= 4 is 11.8 Å². The van der Waals surface area contributed by atoms with E-state index in [2.05, 4.69) is 26.0 Å². The summed E-state index contributed by atoms with van der Waals surface area (Å²) >= 11 is 0. The number of aromatic nitrogens is 4. The van der Waals surface area contributed by atoms with Gasteiger partial charge >= 0.3 is 0 Å². The zero-order chi connectivity index (χ0) is 16.8. The minimum absolute atomic E-state index is 0.0129. The molecule has 23 heavy (non-hydrogen) atoms. The summed E-state index contributed by atoms with van der Waals surface area (Å²) in [6.45, 7) is 3.89. The van der Waals surface area contributed by atoms with Crippen molar-refractivity contribution in [3.63, 3.8) is 0 Å². The van der Waals surface area contributed by atoms with Crippen LogP contribution in [0.1, 0.15) is 36.1 Å². The summed E-state index contributed by atoms with van der Waals surface area (Å²) in [5.74, 6) is 0.0313. The van der Waals surface area contributed by atoms with E-state index in [0.29, 0.717) is 11.4 Å². The van der Waals surface area contributed by atoms with Crippen molar-refractivity contribution in [1.82, 2.24) is 30.8 Å². The van der Waals surface area contributed by atoms with E-state index in [9.17, 15) is 9.59 Å². The minimum Gasteiger partial charge on any atom is -0.358 e. The molecule has 0 fully saturated rings. The van der Waals surface area contributed by atoms with Gasteiger partial charge in [0, 0.05) is 12.6 Å². The maximum atomic E-state index is 12.3. The predicted molar refractivity (Wildman–Crippen MR) is 83.4 cm³/mol. The molecule has 0 saturated heterocycles. The minimum atomic E-state index is -0.388. The highest BCUT2D eigenvalue weighted by atomic mass is 16.2. The summed E-state index contributed by atoms with van der Waals surface area (Å²) in [6.07, 6.45) is 0. The molecule has 1 atom stereocenters. The molecule has 0 aliphatic rings. The third-order valence-electron chi connectivity index (χ3n) is 3.30. The molecule has 2 aromatic rings. The van der Waals surface area contributed by atoms with Crippen LogP contribution in [0.25, 0.3) is 0 Å². The topological polar surface area (TPSA) is 102 Å². The average molecular weight is 316 g/mol. The maximum absolute atomic E-state index is 12.3. The van der Waals surface area contributed by atoms with Crippen molar-refractivity contribution in [3.8, 4) is 0 Å². The number of nitrogens with one attached hydrogen (secondary N) is 2. The summed E-state index contributed by atoms with van der Waals surface area (Å²) in [4.78, 5) is 24.9. The van der Waals surface area contributed by atoms with Crippen LogP contribution in [0.5, 0.6) is 0 Å². The van der Waals surface area contributed by atoms with Gasteiger partial charge in [0.15, 0.2) is 5.82 Å². The molecule has 1 aromatic carbocycles. The Morgan fingerprint density at radius 2 is 1.91 bits per heavy atom. The van der Waals surface area contributed by atoms with Crippen LogP contribution in [-0.2, 0) is 11.3 Å². The molecule has 1 heterocycles. The van der Waals surface area contributed by atoms with Gasteiger partial charge in [0.1, 0.15) is 6.54 Å². The number of tetrazole rings is 1. The molecule has 8 heteroatoms. The van der Waals surface area contributed by atoms with E-state index in [1.165, 1.54) is 11.8 Å². The first-order chi connectivity index (χ1) is 11.0. The Morgan fingerprint density at radius 3 is 2.52 bits per heavy atom. The van der Waals surface area contributed by atoms with E-state index in [0.717, 1.165) is 0 Å². The molecule has 0 spiro atoms. The first-order valence-corrected chi connectivity index (χ1v) is 7.35. The van der Waals surface area contributed by atoms with E-state index in [-0.39, 0.29) is 30.3 Å². The molecule has 1 unspecified atom stereocenters. The highest BCUT2D eigenvalue weighted by Gasteiger charge is 2.24. The van der Waals surface area contributed by atoms with E-state index in [1.807, 2.05) is 19.9 Å². The number of carbonyl (C=O) groups is 2. The second-order valence-electron chi connectivity index (χ2n) is 5.41. The van der Waals surface area contributed by atoms with Crippen molar-refractivity contribution in [2.45, 2.75) is 26.4 Å². The van der Waals surface area contributed by atoms with Crippen molar-refractivity contribution in [2.75, 3.05) is 7.05 Å². The third kappa shape index (κ3) is 4.35. The first kappa shape index (κ1) is 16.6. The van der Waals surface area contributed by atoms with Gasteiger partial charge in [0.2, 0.25) is 5.91 Å². The maximum Gasteiger partial charge on any atom is 0.251 e. The van der Waals surface area contributed by atoms with Gasteiger partial charge in [0.25, 0.3) is 5.91 Å². The number of hydrogen-bond acceptors (Lipinski definition) is 5. The summed E-state index contributed by atoms with van der Waals surface area (Å²) in [6, 6.07) is 8.54. The molecule has 0 aliphatic carbocycles. The summed E-state index contributed by atoms with van der Waals surface area (Å²) in [7, 11) is 1.54. The molecule has 2 rings (SSSR count). The molecule has 2 N–H and O–H groups in total. The largest absolute Gasteiger partial charge is 0.358 e. The molecule has 0 aliphatic heterocycles. The van der Waals surface area contributed by atoms with E-state index < -0.39 is 0 Å². The van der Waals surface area contributed by atoms with Crippen LogP contribution in [0, 0.1) is 5.92 Å². The number of nitrogens with zero attached hydrogens (tertiary/aromatic N) is 4. The third-order valence-corrected chi connectivity index (χ3v) is 3.30. The lowest BCUT2D eigenvalue weighted by Crippen LogP contribution is -2.32. The molecule has 8 nitrogen and oxygen atoms in total. The van der Waals surface area contributed by atoms with Crippen molar-refractivity contribution < 1.29 is 9.59 Å². The first-order valence-electron chi connectivity index (χ1n) is 7.35. The number of amides is 2. The standard InChI is InChI=1S/C15H20N6O2/c1-10(2)13(17-15(23)11-7-5-4-6-8-11)14-18-20-21(19-14)9-12(22)16-3/h4-8,10,13H,9H2,1-3H3,(H,16,22)(H,17,23). The lowest BCUT2D eigenvalue weighted by atomic mass is 10.0. The van der Waals surface area contributed by atoms with Crippen LogP contribution < -0.4 is 10.6 Å². The Balaban J connectivity index is 2.13. The Hall–Kier alpha value is -2.77. The van der Waals surface area contributed by atoms with Crippen LogP contribution in [0.15, 0.2) is 30.3 Å². The molecule has 2 amide bonds. The Labute approximate surface area is 134 Å². The number of hydrogen-bond donors (Lipinski definition) is 2.